The number of carbonyl (C=O) groups is 1. The van der Waals surface area contributed by atoms with Crippen molar-refractivity contribution in [1.82, 2.24) is 0 Å². The molecule has 0 radical (unpaired) electrons. The van der Waals surface area contributed by atoms with Gasteiger partial charge in [0, 0.05) is 14.2 Å². The van der Waals surface area contributed by atoms with Crippen LogP contribution in [-0.2, 0) is 27.7 Å². The van der Waals surface area contributed by atoms with Gasteiger partial charge in [-0.15, -0.1) is 0 Å². The van der Waals surface area contributed by atoms with Crippen molar-refractivity contribution in [3.8, 4) is 0 Å². The molecule has 0 saturated heterocycles. The Balaban J connectivity index is 4.97. The number of esters is 1. The molecule has 0 N–H and O–H groups in total. The van der Waals surface area contributed by atoms with Crippen molar-refractivity contribution in [2.75, 3.05) is 20.8 Å². The number of carbonyl (C=O) groups excluding carboxylic acids is 1. The van der Waals surface area contributed by atoms with E-state index in [9.17, 15) is 22.5 Å². The standard InChI is InChI=1S/C7H12F3O6P/c1-4-15-6(11)5(7(8,9)10)16-17(12,13-2)14-3/h5H,4H2,1-3H3/t5-/m0/s1. The average Bonchev–Trinajstić information content (AvgIpc) is 2.24. The molecule has 10 heteroatoms. The molecule has 0 aliphatic carbocycles. The SMILES string of the molecule is CCOC(=O)[C@H](OP(=O)(OC)OC)C(F)(F)F. The van der Waals surface area contributed by atoms with Gasteiger partial charge in [0.1, 0.15) is 0 Å². The lowest BCUT2D eigenvalue weighted by atomic mass is 10.3. The molecule has 0 aliphatic rings. The van der Waals surface area contributed by atoms with Gasteiger partial charge in [-0.1, -0.05) is 0 Å². The lowest BCUT2D eigenvalue weighted by Gasteiger charge is -2.22. The summed E-state index contributed by atoms with van der Waals surface area (Å²) in [6, 6.07) is 0. The van der Waals surface area contributed by atoms with Crippen LogP contribution in [0.5, 0.6) is 0 Å². The van der Waals surface area contributed by atoms with E-state index in [0.29, 0.717) is 0 Å². The minimum absolute atomic E-state index is 0.279. The largest absolute Gasteiger partial charge is 0.475 e. The fraction of sp³-hybridized carbons (Fsp3) is 0.857. The Kier molecular flexibility index (Phi) is 6.11. The molecule has 0 aromatic rings. The maximum Gasteiger partial charge on any atom is 0.475 e. The first-order valence-electron chi connectivity index (χ1n) is 4.33. The zero-order valence-electron chi connectivity index (χ0n) is 9.32. The van der Waals surface area contributed by atoms with Gasteiger partial charge in [-0.3, -0.25) is 13.6 Å². The number of phosphoric ester groups is 1. The van der Waals surface area contributed by atoms with Crippen LogP contribution in [0.4, 0.5) is 13.2 Å². The monoisotopic (exact) mass is 280 g/mol. The number of alkyl halides is 3. The molecular formula is C7H12F3O6P. The van der Waals surface area contributed by atoms with E-state index in [1.165, 1.54) is 6.92 Å². The molecule has 0 aromatic carbocycles. The minimum atomic E-state index is -5.08. The van der Waals surface area contributed by atoms with Crippen LogP contribution in [0.1, 0.15) is 6.92 Å². The number of ether oxygens (including phenoxy) is 1. The highest BCUT2D eigenvalue weighted by molar-refractivity contribution is 7.48. The zero-order valence-corrected chi connectivity index (χ0v) is 10.2. The molecule has 0 aromatic heterocycles. The van der Waals surface area contributed by atoms with E-state index in [2.05, 4.69) is 18.3 Å². The first-order valence-corrected chi connectivity index (χ1v) is 5.79. The summed E-state index contributed by atoms with van der Waals surface area (Å²) in [4.78, 5) is 11.0. The Bertz CT molecular complexity index is 296. The third-order valence-electron chi connectivity index (χ3n) is 1.48. The fourth-order valence-electron chi connectivity index (χ4n) is 0.744. The predicted molar refractivity (Wildman–Crippen MR) is 49.2 cm³/mol. The lowest BCUT2D eigenvalue weighted by Crippen LogP contribution is -2.39. The summed E-state index contributed by atoms with van der Waals surface area (Å²) in [7, 11) is -2.79. The summed E-state index contributed by atoms with van der Waals surface area (Å²) in [6.07, 6.45) is -8.10. The van der Waals surface area contributed by atoms with Gasteiger partial charge in [0.2, 0.25) is 0 Å². The highest BCUT2D eigenvalue weighted by atomic mass is 31.2. The Morgan fingerprint density at radius 2 is 1.76 bits per heavy atom. The van der Waals surface area contributed by atoms with Crippen LogP contribution >= 0.6 is 7.82 Å². The van der Waals surface area contributed by atoms with Crippen molar-refractivity contribution in [1.29, 1.82) is 0 Å². The molecule has 0 heterocycles. The van der Waals surface area contributed by atoms with Crippen molar-refractivity contribution in [3.63, 3.8) is 0 Å². The molecule has 6 nitrogen and oxygen atoms in total. The van der Waals surface area contributed by atoms with E-state index in [1.807, 2.05) is 0 Å². The maximum atomic E-state index is 12.4. The summed E-state index contributed by atoms with van der Waals surface area (Å²) in [5, 5.41) is 0. The molecule has 0 rings (SSSR count). The van der Waals surface area contributed by atoms with Gasteiger partial charge in [-0.2, -0.15) is 13.2 Å². The van der Waals surface area contributed by atoms with Gasteiger partial charge in [0.15, 0.2) is 0 Å². The van der Waals surface area contributed by atoms with Crippen molar-refractivity contribution in [2.24, 2.45) is 0 Å². The van der Waals surface area contributed by atoms with E-state index >= 15 is 0 Å². The van der Waals surface area contributed by atoms with Crippen LogP contribution in [0.3, 0.4) is 0 Å². The van der Waals surface area contributed by atoms with Gasteiger partial charge >= 0.3 is 20.0 Å². The van der Waals surface area contributed by atoms with Crippen LogP contribution in [0.2, 0.25) is 0 Å². The second kappa shape index (κ2) is 6.34. The highest BCUT2D eigenvalue weighted by Crippen LogP contribution is 2.50. The van der Waals surface area contributed by atoms with Gasteiger partial charge in [-0.05, 0) is 6.92 Å². The normalized spacial score (nSPS) is 14.5. The molecule has 0 saturated carbocycles. The first kappa shape index (κ1) is 16.4. The van der Waals surface area contributed by atoms with Gasteiger partial charge in [-0.25, -0.2) is 9.36 Å². The van der Waals surface area contributed by atoms with Crippen LogP contribution in [0.15, 0.2) is 0 Å². The quantitative estimate of drug-likeness (QED) is 0.546. The molecule has 0 spiro atoms. The summed E-state index contributed by atoms with van der Waals surface area (Å²) >= 11 is 0. The maximum absolute atomic E-state index is 12.4. The van der Waals surface area contributed by atoms with E-state index < -0.39 is 26.1 Å². The van der Waals surface area contributed by atoms with Crippen molar-refractivity contribution < 1.29 is 40.8 Å². The zero-order chi connectivity index (χ0) is 13.7. The summed E-state index contributed by atoms with van der Waals surface area (Å²) in [5.41, 5.74) is 0. The van der Waals surface area contributed by atoms with Gasteiger partial charge in [0.25, 0.3) is 6.10 Å². The lowest BCUT2D eigenvalue weighted by molar-refractivity contribution is -0.214. The summed E-state index contributed by atoms with van der Waals surface area (Å²) in [6.45, 7) is 1.04. The Morgan fingerprint density at radius 1 is 1.29 bits per heavy atom. The second-order valence-electron chi connectivity index (χ2n) is 2.59. The molecular weight excluding hydrogens is 268 g/mol. The summed E-state index contributed by atoms with van der Waals surface area (Å²) < 4.78 is 65.1. The smallest absolute Gasteiger partial charge is 0.464 e. The van der Waals surface area contributed by atoms with Crippen molar-refractivity contribution in [3.05, 3.63) is 0 Å². The molecule has 0 bridgehead atoms. The van der Waals surface area contributed by atoms with Gasteiger partial charge < -0.3 is 4.74 Å². The molecule has 17 heavy (non-hydrogen) atoms. The molecule has 0 fully saturated rings. The Hall–Kier alpha value is -0.630. The summed E-state index contributed by atoms with van der Waals surface area (Å²) in [5.74, 6) is -1.71. The van der Waals surface area contributed by atoms with Gasteiger partial charge in [0.05, 0.1) is 6.61 Å². The Labute approximate surface area is 95.6 Å². The molecule has 102 valence electrons. The third-order valence-corrected chi connectivity index (χ3v) is 2.84. The van der Waals surface area contributed by atoms with E-state index in [1.54, 1.807) is 0 Å². The van der Waals surface area contributed by atoms with Crippen LogP contribution < -0.4 is 0 Å². The van der Waals surface area contributed by atoms with E-state index in [-0.39, 0.29) is 6.61 Å². The fourth-order valence-corrected chi connectivity index (χ4v) is 1.53. The number of hydrogen-bond acceptors (Lipinski definition) is 6. The molecule has 1 atom stereocenters. The molecule has 0 aliphatic heterocycles. The highest BCUT2D eigenvalue weighted by Gasteiger charge is 2.51. The second-order valence-corrected chi connectivity index (χ2v) is 4.43. The number of rotatable bonds is 6. The number of halogens is 3. The van der Waals surface area contributed by atoms with Crippen LogP contribution in [0.25, 0.3) is 0 Å². The average molecular weight is 280 g/mol. The number of hydrogen-bond donors (Lipinski definition) is 0. The minimum Gasteiger partial charge on any atom is -0.464 e. The topological polar surface area (TPSA) is 71.1 Å². The van der Waals surface area contributed by atoms with E-state index in [0.717, 1.165) is 14.2 Å². The van der Waals surface area contributed by atoms with Crippen LogP contribution in [0, 0.1) is 0 Å². The molecule has 0 amide bonds. The van der Waals surface area contributed by atoms with Crippen LogP contribution in [-0.4, -0.2) is 39.1 Å². The predicted octanol–water partition coefficient (Wildman–Crippen LogP) is 1.90. The molecule has 0 unspecified atom stereocenters. The number of phosphoric acid groups is 1. The van der Waals surface area contributed by atoms with E-state index in [4.69, 9.17) is 0 Å². The van der Waals surface area contributed by atoms with Crippen molar-refractivity contribution >= 4 is 13.8 Å². The van der Waals surface area contributed by atoms with Crippen molar-refractivity contribution in [2.45, 2.75) is 19.2 Å². The Morgan fingerprint density at radius 3 is 2.06 bits per heavy atom. The first-order chi connectivity index (χ1) is 7.70. The third kappa shape index (κ3) is 5.03.